The van der Waals surface area contributed by atoms with Gasteiger partial charge in [0.25, 0.3) is 0 Å². The van der Waals surface area contributed by atoms with E-state index in [1.54, 1.807) is 24.3 Å². The number of aliphatic hydroxyl groups is 1. The van der Waals surface area contributed by atoms with Crippen LogP contribution in [0.1, 0.15) is 27.0 Å². The molecule has 0 bridgehead atoms. The summed E-state index contributed by atoms with van der Waals surface area (Å²) in [5, 5.41) is 14.7. The van der Waals surface area contributed by atoms with Crippen molar-refractivity contribution in [3.05, 3.63) is 95.1 Å². The first-order chi connectivity index (χ1) is 13.6. The summed E-state index contributed by atoms with van der Waals surface area (Å²) in [6, 6.07) is 22.3. The highest BCUT2D eigenvalue weighted by molar-refractivity contribution is 6.63. The van der Waals surface area contributed by atoms with Gasteiger partial charge in [0.2, 0.25) is 11.6 Å². The first-order valence-corrected chi connectivity index (χ1v) is 9.11. The fourth-order valence-electron chi connectivity index (χ4n) is 4.21. The molecule has 4 aromatic rings. The van der Waals surface area contributed by atoms with Crippen LogP contribution >= 0.6 is 0 Å². The zero-order valence-electron chi connectivity index (χ0n) is 15.2. The molecule has 1 aliphatic carbocycles. The fraction of sp³-hybridized carbons (Fsp3) is 0.0400. The molecule has 3 heteroatoms. The molecule has 4 aromatic carbocycles. The minimum Gasteiger partial charge on any atom is -0.506 e. The Morgan fingerprint density at radius 1 is 0.607 bits per heavy atom. The predicted molar refractivity (Wildman–Crippen MR) is 111 cm³/mol. The van der Waals surface area contributed by atoms with Gasteiger partial charge in [-0.25, -0.2) is 0 Å². The number of allylic oxidation sites excluding steroid dienone is 1. The molecule has 0 aliphatic heterocycles. The Bertz CT molecular complexity index is 1300. The van der Waals surface area contributed by atoms with E-state index in [4.69, 9.17) is 0 Å². The van der Waals surface area contributed by atoms with Gasteiger partial charge in [0.05, 0.1) is 5.57 Å². The van der Waals surface area contributed by atoms with Gasteiger partial charge in [-0.05, 0) is 34.0 Å². The number of Topliss-reactive ketones (excluding diaryl/α,β-unsaturated/α-hetero) is 2. The lowest BCUT2D eigenvalue weighted by Crippen LogP contribution is -2.23. The van der Waals surface area contributed by atoms with Gasteiger partial charge < -0.3 is 5.11 Å². The summed E-state index contributed by atoms with van der Waals surface area (Å²) >= 11 is 0. The molecule has 1 aliphatic rings. The first kappa shape index (κ1) is 16.5. The van der Waals surface area contributed by atoms with Gasteiger partial charge in [-0.15, -0.1) is 0 Å². The Morgan fingerprint density at radius 2 is 1.07 bits per heavy atom. The largest absolute Gasteiger partial charge is 0.506 e. The molecule has 0 aromatic heterocycles. The van der Waals surface area contributed by atoms with Gasteiger partial charge in [-0.3, -0.25) is 9.59 Å². The van der Waals surface area contributed by atoms with Gasteiger partial charge in [0.1, 0.15) is 5.76 Å². The second kappa shape index (κ2) is 5.89. The molecule has 0 saturated carbocycles. The van der Waals surface area contributed by atoms with Crippen LogP contribution in [0.4, 0.5) is 0 Å². The molecule has 3 nitrogen and oxygen atoms in total. The molecule has 28 heavy (non-hydrogen) atoms. The average Bonchev–Trinajstić information content (AvgIpc) is 2.74. The number of aliphatic hydroxyl groups excluding tert-OH is 1. The summed E-state index contributed by atoms with van der Waals surface area (Å²) < 4.78 is 0. The normalized spacial score (nSPS) is 14.0. The van der Waals surface area contributed by atoms with E-state index >= 15 is 0 Å². The number of carbonyl (C=O) groups excluding carboxylic acids is 2. The standard InChI is InChI=1S/C25H16O3/c1-14-15-8-2-4-10-17(15)21(18-11-5-3-9-16(14)18)22-23(26)19-12-6-7-13-20(19)24(27)25(22)28/h2-13,26H,1H3. The third-order valence-electron chi connectivity index (χ3n) is 5.55. The molecule has 134 valence electrons. The van der Waals surface area contributed by atoms with Gasteiger partial charge in [-0.1, -0.05) is 72.8 Å². The van der Waals surface area contributed by atoms with Crippen LogP contribution in [0.2, 0.25) is 0 Å². The fourth-order valence-corrected chi connectivity index (χ4v) is 4.21. The molecule has 1 N–H and O–H groups in total. The van der Waals surface area contributed by atoms with Crippen molar-refractivity contribution in [2.45, 2.75) is 6.92 Å². The van der Waals surface area contributed by atoms with Crippen molar-refractivity contribution in [1.82, 2.24) is 0 Å². The van der Waals surface area contributed by atoms with E-state index in [9.17, 15) is 14.7 Å². The van der Waals surface area contributed by atoms with Gasteiger partial charge in [0.15, 0.2) is 0 Å². The molecule has 0 heterocycles. The van der Waals surface area contributed by atoms with Crippen LogP contribution in [-0.4, -0.2) is 16.7 Å². The topological polar surface area (TPSA) is 54.4 Å². The second-order valence-corrected chi connectivity index (χ2v) is 7.02. The Balaban J connectivity index is 2.01. The molecule has 0 amide bonds. The highest BCUT2D eigenvalue weighted by atomic mass is 16.3. The molecule has 0 spiro atoms. The lowest BCUT2D eigenvalue weighted by molar-refractivity contribution is -0.110. The van der Waals surface area contributed by atoms with E-state index in [1.165, 1.54) is 0 Å². The molecule has 5 rings (SSSR count). The third kappa shape index (κ3) is 2.10. The molecular formula is C25H16O3. The van der Waals surface area contributed by atoms with Crippen molar-refractivity contribution < 1.29 is 14.7 Å². The maximum atomic E-state index is 13.1. The smallest absolute Gasteiger partial charge is 0.237 e. The molecule has 0 saturated heterocycles. The molecule has 0 fully saturated rings. The van der Waals surface area contributed by atoms with Crippen LogP contribution in [0.15, 0.2) is 72.8 Å². The number of benzene rings is 4. The quantitative estimate of drug-likeness (QED) is 0.359. The van der Waals surface area contributed by atoms with Gasteiger partial charge in [-0.2, -0.15) is 0 Å². The van der Waals surface area contributed by atoms with Crippen LogP contribution < -0.4 is 0 Å². The summed E-state index contributed by atoms with van der Waals surface area (Å²) in [5.74, 6) is -1.40. The predicted octanol–water partition coefficient (Wildman–Crippen LogP) is 5.49. The maximum Gasteiger partial charge on any atom is 0.237 e. The van der Waals surface area contributed by atoms with Crippen LogP contribution in [0.25, 0.3) is 32.9 Å². The van der Waals surface area contributed by atoms with Gasteiger partial charge >= 0.3 is 0 Å². The Morgan fingerprint density at radius 3 is 1.64 bits per heavy atom. The Labute approximate surface area is 161 Å². The van der Waals surface area contributed by atoms with Crippen LogP contribution in [0.3, 0.4) is 0 Å². The van der Waals surface area contributed by atoms with Gasteiger partial charge in [0, 0.05) is 16.7 Å². The molecule has 0 atom stereocenters. The second-order valence-electron chi connectivity index (χ2n) is 7.02. The van der Waals surface area contributed by atoms with Crippen molar-refractivity contribution in [2.75, 3.05) is 0 Å². The van der Waals surface area contributed by atoms with Crippen molar-refractivity contribution in [2.24, 2.45) is 0 Å². The number of ketones is 2. The summed E-state index contributed by atoms with van der Waals surface area (Å²) in [5.41, 5.74) is 2.44. The number of fused-ring (bicyclic) bond motifs is 3. The number of aryl methyl sites for hydroxylation is 1. The summed E-state index contributed by atoms with van der Waals surface area (Å²) in [7, 11) is 0. The van der Waals surface area contributed by atoms with Crippen molar-refractivity contribution in [1.29, 1.82) is 0 Å². The minimum atomic E-state index is -0.671. The Hall–Kier alpha value is -3.72. The average molecular weight is 364 g/mol. The van der Waals surface area contributed by atoms with Crippen LogP contribution in [-0.2, 0) is 4.79 Å². The lowest BCUT2D eigenvalue weighted by atomic mass is 9.81. The lowest BCUT2D eigenvalue weighted by Gasteiger charge is -2.21. The van der Waals surface area contributed by atoms with Crippen molar-refractivity contribution in [3.63, 3.8) is 0 Å². The summed E-state index contributed by atoms with van der Waals surface area (Å²) in [6.45, 7) is 2.05. The maximum absolute atomic E-state index is 13.1. The zero-order valence-corrected chi connectivity index (χ0v) is 15.2. The van der Waals surface area contributed by atoms with E-state index < -0.39 is 11.6 Å². The molecular weight excluding hydrogens is 348 g/mol. The Kier molecular flexibility index (Phi) is 3.46. The number of rotatable bonds is 1. The molecule has 0 radical (unpaired) electrons. The highest BCUT2D eigenvalue weighted by Crippen LogP contribution is 2.41. The summed E-state index contributed by atoms with van der Waals surface area (Å²) in [6.07, 6.45) is 0. The number of hydrogen-bond donors (Lipinski definition) is 1. The van der Waals surface area contributed by atoms with E-state index in [-0.39, 0.29) is 16.9 Å². The van der Waals surface area contributed by atoms with Crippen molar-refractivity contribution >= 4 is 44.4 Å². The molecule has 0 unspecified atom stereocenters. The summed E-state index contributed by atoms with van der Waals surface area (Å²) in [4.78, 5) is 25.9. The van der Waals surface area contributed by atoms with E-state index in [2.05, 4.69) is 0 Å². The zero-order chi connectivity index (χ0) is 19.4. The SMILES string of the molecule is Cc1c2ccccc2c(C2=C(O)c3ccccc3C(=O)C2=O)c2ccccc12. The third-order valence-corrected chi connectivity index (χ3v) is 5.55. The monoisotopic (exact) mass is 364 g/mol. The number of carbonyl (C=O) groups is 2. The van der Waals surface area contributed by atoms with E-state index in [0.717, 1.165) is 27.1 Å². The van der Waals surface area contributed by atoms with Crippen molar-refractivity contribution in [3.8, 4) is 0 Å². The highest BCUT2D eigenvalue weighted by Gasteiger charge is 2.35. The van der Waals surface area contributed by atoms with E-state index in [1.807, 2.05) is 55.5 Å². The van der Waals surface area contributed by atoms with E-state index in [0.29, 0.717) is 11.1 Å². The first-order valence-electron chi connectivity index (χ1n) is 9.11. The van der Waals surface area contributed by atoms with Crippen LogP contribution in [0, 0.1) is 6.92 Å². The number of hydrogen-bond acceptors (Lipinski definition) is 3. The van der Waals surface area contributed by atoms with Crippen LogP contribution in [0.5, 0.6) is 0 Å². The minimum absolute atomic E-state index is 0.0797.